The fourth-order valence-corrected chi connectivity index (χ4v) is 2.32. The van der Waals surface area contributed by atoms with Gasteiger partial charge < -0.3 is 10.4 Å². The summed E-state index contributed by atoms with van der Waals surface area (Å²) in [6.07, 6.45) is 2.25. The first-order valence-electron chi connectivity index (χ1n) is 5.59. The van der Waals surface area contributed by atoms with Gasteiger partial charge in [-0.25, -0.2) is 0 Å². The lowest BCUT2D eigenvalue weighted by molar-refractivity contribution is 0.228. The summed E-state index contributed by atoms with van der Waals surface area (Å²) in [6, 6.07) is 4.35. The van der Waals surface area contributed by atoms with Crippen molar-refractivity contribution in [2.45, 2.75) is 33.2 Å². The largest absolute Gasteiger partial charge is 0.396 e. The van der Waals surface area contributed by atoms with Crippen LogP contribution in [0, 0.1) is 12.8 Å². The van der Waals surface area contributed by atoms with E-state index in [-0.39, 0.29) is 0 Å². The van der Waals surface area contributed by atoms with Gasteiger partial charge >= 0.3 is 0 Å². The molecule has 0 saturated carbocycles. The van der Waals surface area contributed by atoms with E-state index >= 15 is 0 Å². The van der Waals surface area contributed by atoms with Crippen molar-refractivity contribution in [2.24, 2.45) is 5.92 Å². The first-order valence-corrected chi connectivity index (χ1v) is 6.41. The van der Waals surface area contributed by atoms with Crippen LogP contribution in [0.2, 0.25) is 0 Å². The van der Waals surface area contributed by atoms with Crippen LogP contribution in [-0.4, -0.2) is 18.3 Å². The molecule has 86 valence electrons. The van der Waals surface area contributed by atoms with E-state index in [4.69, 9.17) is 5.11 Å². The quantitative estimate of drug-likeness (QED) is 0.702. The number of aryl methyl sites for hydroxylation is 1. The topological polar surface area (TPSA) is 32.3 Å². The van der Waals surface area contributed by atoms with Crippen molar-refractivity contribution in [3.63, 3.8) is 0 Å². The summed E-state index contributed by atoms with van der Waals surface area (Å²) in [5.74, 6) is 0.441. The maximum Gasteiger partial charge on any atom is 0.0456 e. The van der Waals surface area contributed by atoms with Crippen LogP contribution in [0.25, 0.3) is 0 Å². The van der Waals surface area contributed by atoms with Gasteiger partial charge in [0.1, 0.15) is 0 Å². The van der Waals surface area contributed by atoms with Crippen molar-refractivity contribution in [1.82, 2.24) is 5.32 Å². The lowest BCUT2D eigenvalue weighted by Crippen LogP contribution is -2.15. The van der Waals surface area contributed by atoms with Gasteiger partial charge in [-0.05, 0) is 44.4 Å². The van der Waals surface area contributed by atoms with Crippen LogP contribution in [0.15, 0.2) is 12.1 Å². The van der Waals surface area contributed by atoms with Crippen molar-refractivity contribution < 1.29 is 5.11 Å². The average molecular weight is 227 g/mol. The zero-order valence-electron chi connectivity index (χ0n) is 9.62. The van der Waals surface area contributed by atoms with E-state index in [1.165, 1.54) is 9.75 Å². The first kappa shape index (κ1) is 12.7. The monoisotopic (exact) mass is 227 g/mol. The normalized spacial score (nSPS) is 13.0. The molecule has 0 aliphatic carbocycles. The fourth-order valence-electron chi connectivity index (χ4n) is 1.46. The van der Waals surface area contributed by atoms with Gasteiger partial charge in [0, 0.05) is 22.9 Å². The minimum atomic E-state index is 0.310. The van der Waals surface area contributed by atoms with E-state index in [9.17, 15) is 0 Å². The van der Waals surface area contributed by atoms with Gasteiger partial charge in [-0.3, -0.25) is 0 Å². The zero-order valence-corrected chi connectivity index (χ0v) is 10.4. The van der Waals surface area contributed by atoms with Crippen LogP contribution < -0.4 is 5.32 Å². The van der Waals surface area contributed by atoms with E-state index in [1.807, 2.05) is 11.3 Å². The summed E-state index contributed by atoms with van der Waals surface area (Å²) >= 11 is 1.85. The molecule has 0 bridgehead atoms. The Morgan fingerprint density at radius 3 is 2.87 bits per heavy atom. The maximum atomic E-state index is 8.85. The number of rotatable bonds is 7. The van der Waals surface area contributed by atoms with Crippen LogP contribution in [0.4, 0.5) is 0 Å². The number of hydrogen-bond donors (Lipinski definition) is 2. The van der Waals surface area contributed by atoms with Gasteiger partial charge in [-0.15, -0.1) is 11.3 Å². The molecule has 1 rings (SSSR count). The average Bonchev–Trinajstić information content (AvgIpc) is 2.63. The molecular formula is C12H21NOS. The molecule has 2 nitrogen and oxygen atoms in total. The molecule has 1 unspecified atom stereocenters. The Morgan fingerprint density at radius 2 is 2.27 bits per heavy atom. The second-order valence-electron chi connectivity index (χ2n) is 4.12. The molecule has 0 aliphatic rings. The van der Waals surface area contributed by atoms with Gasteiger partial charge in [0.25, 0.3) is 0 Å². The Morgan fingerprint density at radius 1 is 1.47 bits per heavy atom. The molecule has 0 radical (unpaired) electrons. The van der Waals surface area contributed by atoms with Crippen LogP contribution in [-0.2, 0) is 6.54 Å². The summed E-state index contributed by atoms with van der Waals surface area (Å²) in [5.41, 5.74) is 0. The van der Waals surface area contributed by atoms with Crippen molar-refractivity contribution >= 4 is 11.3 Å². The summed E-state index contributed by atoms with van der Waals surface area (Å²) in [4.78, 5) is 2.78. The highest BCUT2D eigenvalue weighted by Gasteiger charge is 1.99. The highest BCUT2D eigenvalue weighted by Crippen LogP contribution is 2.14. The fraction of sp³-hybridized carbons (Fsp3) is 0.667. The van der Waals surface area contributed by atoms with Gasteiger partial charge in [0.15, 0.2) is 0 Å². The van der Waals surface area contributed by atoms with Gasteiger partial charge in [0.05, 0.1) is 0 Å². The van der Waals surface area contributed by atoms with Crippen molar-refractivity contribution in [3.05, 3.63) is 21.9 Å². The minimum Gasteiger partial charge on any atom is -0.396 e. The first-order chi connectivity index (χ1) is 7.22. The highest BCUT2D eigenvalue weighted by atomic mass is 32.1. The Hall–Kier alpha value is -0.380. The third kappa shape index (κ3) is 5.30. The summed E-state index contributed by atoms with van der Waals surface area (Å²) < 4.78 is 0. The number of aliphatic hydroxyl groups excluding tert-OH is 1. The zero-order chi connectivity index (χ0) is 11.1. The highest BCUT2D eigenvalue weighted by molar-refractivity contribution is 7.11. The summed E-state index contributed by atoms with van der Waals surface area (Å²) in [6.45, 7) is 6.55. The Kier molecular flexibility index (Phi) is 5.91. The molecule has 1 aromatic heterocycles. The lowest BCUT2D eigenvalue weighted by Gasteiger charge is -2.07. The smallest absolute Gasteiger partial charge is 0.0456 e. The van der Waals surface area contributed by atoms with Crippen LogP contribution in [0.1, 0.15) is 29.5 Å². The van der Waals surface area contributed by atoms with E-state index in [1.54, 1.807) is 0 Å². The SMILES string of the molecule is Cc1ccc(CNCCCC(C)CO)s1. The van der Waals surface area contributed by atoms with E-state index < -0.39 is 0 Å². The van der Waals surface area contributed by atoms with Crippen molar-refractivity contribution in [3.8, 4) is 0 Å². The molecule has 0 saturated heterocycles. The Bertz CT molecular complexity index is 272. The van der Waals surface area contributed by atoms with E-state index in [0.717, 1.165) is 25.9 Å². The van der Waals surface area contributed by atoms with E-state index in [0.29, 0.717) is 12.5 Å². The Balaban J connectivity index is 2.02. The predicted molar refractivity (Wildman–Crippen MR) is 66.2 cm³/mol. The second kappa shape index (κ2) is 6.99. The summed E-state index contributed by atoms with van der Waals surface area (Å²) in [7, 11) is 0. The molecule has 3 heteroatoms. The van der Waals surface area contributed by atoms with Gasteiger partial charge in [-0.2, -0.15) is 0 Å². The van der Waals surface area contributed by atoms with E-state index in [2.05, 4.69) is 31.3 Å². The van der Waals surface area contributed by atoms with Crippen LogP contribution >= 0.6 is 11.3 Å². The molecule has 0 aliphatic heterocycles. The third-order valence-electron chi connectivity index (χ3n) is 2.46. The number of hydrogen-bond acceptors (Lipinski definition) is 3. The molecule has 15 heavy (non-hydrogen) atoms. The van der Waals surface area contributed by atoms with Gasteiger partial charge in [0.2, 0.25) is 0 Å². The molecular weight excluding hydrogens is 206 g/mol. The van der Waals surface area contributed by atoms with Crippen molar-refractivity contribution in [1.29, 1.82) is 0 Å². The van der Waals surface area contributed by atoms with Crippen LogP contribution in [0.3, 0.4) is 0 Å². The standard InChI is InChI=1S/C12H21NOS/c1-10(9-14)4-3-7-13-8-12-6-5-11(2)15-12/h5-6,10,13-14H,3-4,7-9H2,1-2H3. The number of thiophene rings is 1. The molecule has 2 N–H and O–H groups in total. The molecule has 0 aromatic carbocycles. The number of nitrogens with one attached hydrogen (secondary N) is 1. The second-order valence-corrected chi connectivity index (χ2v) is 5.49. The minimum absolute atomic E-state index is 0.310. The Labute approximate surface area is 96.3 Å². The summed E-state index contributed by atoms with van der Waals surface area (Å²) in [5, 5.41) is 12.3. The molecule has 0 amide bonds. The molecule has 0 fully saturated rings. The lowest BCUT2D eigenvalue weighted by atomic mass is 10.1. The molecule has 0 spiro atoms. The molecule has 1 atom stereocenters. The maximum absolute atomic E-state index is 8.85. The van der Waals surface area contributed by atoms with Gasteiger partial charge in [-0.1, -0.05) is 6.92 Å². The van der Waals surface area contributed by atoms with Crippen molar-refractivity contribution in [2.75, 3.05) is 13.2 Å². The molecule has 1 aromatic rings. The third-order valence-corrected chi connectivity index (χ3v) is 3.46. The number of aliphatic hydroxyl groups is 1. The predicted octanol–water partition coefficient (Wildman–Crippen LogP) is 2.55. The molecule has 1 heterocycles. The van der Waals surface area contributed by atoms with Crippen LogP contribution in [0.5, 0.6) is 0 Å².